The van der Waals surface area contributed by atoms with Crippen molar-refractivity contribution in [1.29, 1.82) is 0 Å². The van der Waals surface area contributed by atoms with Crippen molar-refractivity contribution in [3.8, 4) is 0 Å². The van der Waals surface area contributed by atoms with E-state index in [-0.39, 0.29) is 89.6 Å². The number of carboxylic acids is 2. The van der Waals surface area contributed by atoms with Crippen molar-refractivity contribution in [2.75, 3.05) is 65.9 Å². The molecule has 0 aromatic heterocycles. The summed E-state index contributed by atoms with van der Waals surface area (Å²) >= 11 is 0. The molecule has 5 N–H and O–H groups in total. The Kier molecular flexibility index (Phi) is 31.5. The number of nitrogens with one attached hydrogen (secondary N) is 3. The van der Waals surface area contributed by atoms with E-state index in [1.807, 2.05) is 0 Å². The summed E-state index contributed by atoms with van der Waals surface area (Å²) in [6.07, 6.45) is 14.4. The highest BCUT2D eigenvalue weighted by atomic mass is 16.5. The van der Waals surface area contributed by atoms with Gasteiger partial charge in [0.15, 0.2) is 0 Å². The summed E-state index contributed by atoms with van der Waals surface area (Å²) in [6, 6.07) is -1.13. The normalized spacial score (nSPS) is 11.5. The first kappa shape index (κ1) is 44.9. The molecule has 0 aliphatic heterocycles. The van der Waals surface area contributed by atoms with Crippen LogP contribution in [-0.4, -0.2) is 118 Å². The highest BCUT2D eigenvalue weighted by Gasteiger charge is 2.20. The molecule has 0 aliphatic carbocycles. The molecule has 0 aliphatic rings. The number of carbonyl (C=O) groups is 5. The molecule has 0 aromatic carbocycles. The van der Waals surface area contributed by atoms with Crippen LogP contribution in [0.4, 0.5) is 0 Å². The third-order valence-corrected chi connectivity index (χ3v) is 7.11. The third kappa shape index (κ3) is 32.8. The first-order chi connectivity index (χ1) is 23.3. The first-order valence-corrected chi connectivity index (χ1v) is 17.2. The van der Waals surface area contributed by atoms with Crippen molar-refractivity contribution >= 4 is 35.9 Å². The van der Waals surface area contributed by atoms with Crippen molar-refractivity contribution in [3.63, 3.8) is 0 Å². The van der Waals surface area contributed by atoms with Gasteiger partial charge in [0.05, 0.1) is 39.6 Å². The van der Waals surface area contributed by atoms with Gasteiger partial charge in [-0.2, -0.15) is 0 Å². The van der Waals surface area contributed by atoms with Crippen molar-refractivity contribution in [3.05, 3.63) is 0 Å². The van der Waals surface area contributed by atoms with Gasteiger partial charge >= 0.3 is 11.9 Å². The smallest absolute Gasteiger partial charge is 0.326 e. The Morgan fingerprint density at radius 3 is 1.54 bits per heavy atom. The van der Waals surface area contributed by atoms with Gasteiger partial charge in [0, 0.05) is 32.4 Å². The van der Waals surface area contributed by atoms with Crippen LogP contribution in [0, 0.1) is 0 Å². The SMILES string of the molecule is O=[C]COCCOCCNC(=O)COCCOCCNC(=O)CC[C@H](NC(=O)CCCCCCCCCCCCCCC(=O)O)C(=O)O. The summed E-state index contributed by atoms with van der Waals surface area (Å²) in [5.41, 5.74) is 0. The van der Waals surface area contributed by atoms with Gasteiger partial charge in [-0.3, -0.25) is 24.0 Å². The Morgan fingerprint density at radius 1 is 0.542 bits per heavy atom. The molecule has 15 heteroatoms. The molecule has 1 atom stereocenters. The van der Waals surface area contributed by atoms with E-state index >= 15 is 0 Å². The molecule has 0 heterocycles. The van der Waals surface area contributed by atoms with Crippen LogP contribution >= 0.6 is 0 Å². The lowest BCUT2D eigenvalue weighted by Gasteiger charge is -2.14. The van der Waals surface area contributed by atoms with Gasteiger partial charge in [-0.15, -0.1) is 0 Å². The number of hydrogen-bond acceptors (Lipinski definition) is 10. The number of aliphatic carboxylic acids is 2. The molecule has 0 rings (SSSR count). The zero-order valence-corrected chi connectivity index (χ0v) is 28.4. The van der Waals surface area contributed by atoms with Gasteiger partial charge in [0.2, 0.25) is 24.0 Å². The van der Waals surface area contributed by atoms with E-state index in [1.165, 1.54) is 19.3 Å². The number of hydrogen-bond donors (Lipinski definition) is 5. The minimum absolute atomic E-state index is 0.0210. The lowest BCUT2D eigenvalue weighted by Crippen LogP contribution is -2.41. The topological polar surface area (TPSA) is 216 Å². The van der Waals surface area contributed by atoms with Crippen LogP contribution in [0.15, 0.2) is 0 Å². The summed E-state index contributed by atoms with van der Waals surface area (Å²) in [5.74, 6) is -2.89. The van der Waals surface area contributed by atoms with E-state index in [4.69, 9.17) is 24.1 Å². The van der Waals surface area contributed by atoms with Gasteiger partial charge < -0.3 is 45.1 Å². The average molecular weight is 689 g/mol. The fourth-order valence-corrected chi connectivity index (χ4v) is 4.51. The summed E-state index contributed by atoms with van der Waals surface area (Å²) in [6.45, 7) is 1.78. The quantitative estimate of drug-likeness (QED) is 0.0600. The number of unbranched alkanes of at least 4 members (excludes halogenated alkanes) is 11. The fraction of sp³-hybridized carbons (Fsp3) is 0.818. The maximum absolute atomic E-state index is 12.2. The molecule has 1 radical (unpaired) electrons. The average Bonchev–Trinajstić information content (AvgIpc) is 3.05. The van der Waals surface area contributed by atoms with Gasteiger partial charge in [0.25, 0.3) is 0 Å². The Labute approximate surface area is 284 Å². The summed E-state index contributed by atoms with van der Waals surface area (Å²) in [5, 5.41) is 25.8. The molecule has 0 aromatic rings. The van der Waals surface area contributed by atoms with E-state index in [0.717, 1.165) is 51.4 Å². The predicted molar refractivity (Wildman–Crippen MR) is 176 cm³/mol. The molecule has 277 valence electrons. The summed E-state index contributed by atoms with van der Waals surface area (Å²) in [7, 11) is 0. The van der Waals surface area contributed by atoms with E-state index in [0.29, 0.717) is 26.2 Å². The van der Waals surface area contributed by atoms with Crippen LogP contribution in [0.1, 0.15) is 103 Å². The first-order valence-electron chi connectivity index (χ1n) is 17.2. The highest BCUT2D eigenvalue weighted by Crippen LogP contribution is 2.13. The van der Waals surface area contributed by atoms with E-state index in [9.17, 15) is 33.9 Å². The van der Waals surface area contributed by atoms with Gasteiger partial charge in [-0.05, 0) is 19.3 Å². The van der Waals surface area contributed by atoms with Crippen LogP contribution in [0.2, 0.25) is 0 Å². The molecule has 3 amide bonds. The summed E-state index contributed by atoms with van der Waals surface area (Å²) in [4.78, 5) is 68.0. The van der Waals surface area contributed by atoms with Crippen LogP contribution in [0.5, 0.6) is 0 Å². The molecule has 0 saturated carbocycles. The van der Waals surface area contributed by atoms with Crippen molar-refractivity contribution in [1.82, 2.24) is 16.0 Å². The van der Waals surface area contributed by atoms with Crippen LogP contribution in [-0.2, 0) is 47.7 Å². The lowest BCUT2D eigenvalue weighted by atomic mass is 10.0. The predicted octanol–water partition coefficient (Wildman–Crippen LogP) is 2.29. The lowest BCUT2D eigenvalue weighted by molar-refractivity contribution is -0.142. The van der Waals surface area contributed by atoms with Crippen LogP contribution in [0.3, 0.4) is 0 Å². The Balaban J connectivity index is 3.68. The molecule has 0 unspecified atom stereocenters. The van der Waals surface area contributed by atoms with Crippen molar-refractivity contribution < 1.29 is 57.9 Å². The molecule has 48 heavy (non-hydrogen) atoms. The highest BCUT2D eigenvalue weighted by molar-refractivity contribution is 5.84. The molecular formula is C33H58N3O12. The van der Waals surface area contributed by atoms with E-state index < -0.39 is 18.0 Å². The monoisotopic (exact) mass is 688 g/mol. The third-order valence-electron chi connectivity index (χ3n) is 7.11. The number of ether oxygens (including phenoxy) is 4. The fourth-order valence-electron chi connectivity index (χ4n) is 4.51. The number of carboxylic acid groups (broad SMARTS) is 2. The van der Waals surface area contributed by atoms with Gasteiger partial charge in [-0.1, -0.05) is 64.2 Å². The molecule has 0 fully saturated rings. The minimum atomic E-state index is -1.18. The second kappa shape index (κ2) is 33.7. The van der Waals surface area contributed by atoms with Crippen LogP contribution < -0.4 is 16.0 Å². The standard InChI is InChI=1S/C33H58N3O12/c37-19-22-47-24-23-45-21-18-35-31(40)27-48-26-25-46-20-17-34-29(38)16-15-28(33(43)44)36-30(39)13-11-9-7-5-3-1-2-4-6-8-10-12-14-32(41)42/h28H,1-18,20-27H2,(H,34,38)(H,35,40)(H,36,39)(H,41,42)(H,43,44)/t28-/m0/s1. The minimum Gasteiger partial charge on any atom is -0.481 e. The van der Waals surface area contributed by atoms with E-state index in [2.05, 4.69) is 16.0 Å². The van der Waals surface area contributed by atoms with Gasteiger partial charge in [-0.25, -0.2) is 4.79 Å². The largest absolute Gasteiger partial charge is 0.481 e. The molecular weight excluding hydrogens is 630 g/mol. The Bertz CT molecular complexity index is 875. The molecule has 0 spiro atoms. The summed E-state index contributed by atoms with van der Waals surface area (Å²) < 4.78 is 20.6. The second-order valence-electron chi connectivity index (χ2n) is 11.3. The Morgan fingerprint density at radius 2 is 1.02 bits per heavy atom. The number of carbonyl (C=O) groups excluding carboxylic acids is 4. The zero-order chi connectivity index (χ0) is 35.5. The van der Waals surface area contributed by atoms with Crippen molar-refractivity contribution in [2.45, 2.75) is 109 Å². The van der Waals surface area contributed by atoms with E-state index in [1.54, 1.807) is 6.29 Å². The molecule has 0 bridgehead atoms. The molecule has 0 saturated heterocycles. The Hall–Kier alpha value is -3.14. The molecule has 15 nitrogen and oxygen atoms in total. The second-order valence-corrected chi connectivity index (χ2v) is 11.3. The van der Waals surface area contributed by atoms with Gasteiger partial charge in [0.1, 0.15) is 19.3 Å². The number of rotatable bonds is 36. The van der Waals surface area contributed by atoms with Crippen LogP contribution in [0.25, 0.3) is 0 Å². The zero-order valence-electron chi connectivity index (χ0n) is 28.4. The van der Waals surface area contributed by atoms with Crippen molar-refractivity contribution in [2.24, 2.45) is 0 Å². The maximum atomic E-state index is 12.2. The number of amides is 3. The maximum Gasteiger partial charge on any atom is 0.326 e.